The van der Waals surface area contributed by atoms with E-state index in [-0.39, 0.29) is 0 Å². The average molecular weight is 205 g/mol. The van der Waals surface area contributed by atoms with Crippen LogP contribution in [-0.2, 0) is 0 Å². The van der Waals surface area contributed by atoms with E-state index in [1.54, 1.807) is 18.2 Å². The van der Waals surface area contributed by atoms with Crippen LogP contribution in [0.3, 0.4) is 0 Å². The van der Waals surface area contributed by atoms with Crippen LogP contribution >= 0.6 is 0 Å². The number of benzene rings is 1. The molecule has 0 saturated heterocycles. The zero-order chi connectivity index (χ0) is 11.3. The van der Waals surface area contributed by atoms with E-state index in [4.69, 9.17) is 15.7 Å². The first-order valence-electron chi connectivity index (χ1n) is 4.71. The second-order valence-corrected chi connectivity index (χ2v) is 3.48. The minimum atomic E-state index is 0.416. The molecule has 0 unspecified atom stereocenters. The zero-order valence-corrected chi connectivity index (χ0v) is 9.03. The van der Waals surface area contributed by atoms with Gasteiger partial charge in [-0.3, -0.25) is 0 Å². The highest BCUT2D eigenvalue weighted by Gasteiger charge is 2.04. The lowest BCUT2D eigenvalue weighted by molar-refractivity contribution is 0.262. The van der Waals surface area contributed by atoms with E-state index in [0.29, 0.717) is 23.6 Å². The van der Waals surface area contributed by atoms with Crippen LogP contribution < -0.4 is 10.5 Å². The number of hydrogen-bond donors (Lipinski definition) is 1. The van der Waals surface area contributed by atoms with Crippen molar-refractivity contribution in [1.82, 2.24) is 4.90 Å². The van der Waals surface area contributed by atoms with E-state index in [0.717, 1.165) is 6.54 Å². The van der Waals surface area contributed by atoms with Gasteiger partial charge in [-0.15, -0.1) is 0 Å². The Morgan fingerprint density at radius 3 is 2.80 bits per heavy atom. The predicted molar refractivity (Wildman–Crippen MR) is 59.6 cm³/mol. The number of hydrogen-bond acceptors (Lipinski definition) is 4. The van der Waals surface area contributed by atoms with Gasteiger partial charge in [0.15, 0.2) is 0 Å². The van der Waals surface area contributed by atoms with E-state index >= 15 is 0 Å². The van der Waals surface area contributed by atoms with E-state index in [9.17, 15) is 0 Å². The Hall–Kier alpha value is -1.73. The van der Waals surface area contributed by atoms with E-state index in [1.807, 2.05) is 25.1 Å². The van der Waals surface area contributed by atoms with Crippen molar-refractivity contribution in [3.63, 3.8) is 0 Å². The third-order valence-electron chi connectivity index (χ3n) is 1.98. The molecule has 0 aromatic heterocycles. The molecule has 1 aromatic carbocycles. The zero-order valence-electron chi connectivity index (χ0n) is 9.03. The molecule has 4 nitrogen and oxygen atoms in total. The van der Waals surface area contributed by atoms with Crippen LogP contribution in [0, 0.1) is 11.3 Å². The Morgan fingerprint density at radius 1 is 1.47 bits per heavy atom. The molecule has 0 aliphatic rings. The Kier molecular flexibility index (Phi) is 3.95. The molecule has 80 valence electrons. The monoisotopic (exact) mass is 205 g/mol. The van der Waals surface area contributed by atoms with Gasteiger partial charge in [0.2, 0.25) is 0 Å². The summed E-state index contributed by atoms with van der Waals surface area (Å²) in [4.78, 5) is 2.02. The third-order valence-corrected chi connectivity index (χ3v) is 1.98. The molecular formula is C11H15N3O. The fourth-order valence-electron chi connectivity index (χ4n) is 1.11. The van der Waals surface area contributed by atoms with Gasteiger partial charge in [-0.05, 0) is 26.2 Å². The van der Waals surface area contributed by atoms with Gasteiger partial charge in [0, 0.05) is 6.54 Å². The topological polar surface area (TPSA) is 62.3 Å². The maximum Gasteiger partial charge on any atom is 0.143 e. The van der Waals surface area contributed by atoms with Gasteiger partial charge >= 0.3 is 0 Å². The van der Waals surface area contributed by atoms with Gasteiger partial charge in [-0.2, -0.15) is 5.26 Å². The SMILES string of the molecule is CN(C)CCOc1cccc(C#N)c1N. The Bertz CT molecular complexity index is 369. The van der Waals surface area contributed by atoms with E-state index in [2.05, 4.69) is 0 Å². The number of para-hydroxylation sites is 1. The molecule has 0 atom stereocenters. The van der Waals surface area contributed by atoms with Gasteiger partial charge in [-0.1, -0.05) is 6.07 Å². The van der Waals surface area contributed by atoms with Gasteiger partial charge in [0.05, 0.1) is 11.3 Å². The quantitative estimate of drug-likeness (QED) is 0.747. The number of ether oxygens (including phenoxy) is 1. The lowest BCUT2D eigenvalue weighted by atomic mass is 10.2. The highest BCUT2D eigenvalue weighted by Crippen LogP contribution is 2.24. The van der Waals surface area contributed by atoms with Crippen LogP contribution in [0.15, 0.2) is 18.2 Å². The normalized spacial score (nSPS) is 10.0. The first kappa shape index (κ1) is 11.3. The molecule has 1 rings (SSSR count). The van der Waals surface area contributed by atoms with Crippen LogP contribution in [-0.4, -0.2) is 32.1 Å². The number of likely N-dealkylation sites (N-methyl/N-ethyl adjacent to an activating group) is 1. The van der Waals surface area contributed by atoms with Crippen LogP contribution in [0.2, 0.25) is 0 Å². The first-order chi connectivity index (χ1) is 7.15. The first-order valence-corrected chi connectivity index (χ1v) is 4.71. The molecule has 0 aliphatic carbocycles. The highest BCUT2D eigenvalue weighted by atomic mass is 16.5. The molecule has 0 amide bonds. The molecule has 15 heavy (non-hydrogen) atoms. The summed E-state index contributed by atoms with van der Waals surface area (Å²) in [5.41, 5.74) is 6.62. The summed E-state index contributed by atoms with van der Waals surface area (Å²) in [5.74, 6) is 0.580. The largest absolute Gasteiger partial charge is 0.490 e. The van der Waals surface area contributed by atoms with Gasteiger partial charge in [0.25, 0.3) is 0 Å². The second kappa shape index (κ2) is 5.23. The molecule has 1 aromatic rings. The molecule has 0 spiro atoms. The molecule has 0 aliphatic heterocycles. The van der Waals surface area contributed by atoms with Crippen LogP contribution in [0.4, 0.5) is 5.69 Å². The van der Waals surface area contributed by atoms with E-state index < -0.39 is 0 Å². The third kappa shape index (κ3) is 3.15. The minimum absolute atomic E-state index is 0.416. The summed E-state index contributed by atoms with van der Waals surface area (Å²) in [6, 6.07) is 7.23. The summed E-state index contributed by atoms with van der Waals surface area (Å²) in [6.45, 7) is 1.38. The molecule has 0 saturated carbocycles. The number of anilines is 1. The smallest absolute Gasteiger partial charge is 0.143 e. The maximum absolute atomic E-state index is 8.76. The highest BCUT2D eigenvalue weighted by molar-refractivity contribution is 5.62. The lowest BCUT2D eigenvalue weighted by Gasteiger charge is -2.12. The van der Waals surface area contributed by atoms with Gasteiger partial charge < -0.3 is 15.4 Å². The Balaban J connectivity index is 2.66. The van der Waals surface area contributed by atoms with Crippen molar-refractivity contribution in [2.24, 2.45) is 0 Å². The summed E-state index contributed by atoms with van der Waals surface area (Å²) in [7, 11) is 3.94. The molecule has 0 heterocycles. The predicted octanol–water partition coefficient (Wildman–Crippen LogP) is 1.08. The molecule has 0 fully saturated rings. The molecular weight excluding hydrogens is 190 g/mol. The van der Waals surface area contributed by atoms with Crippen LogP contribution in [0.25, 0.3) is 0 Å². The summed E-state index contributed by atoms with van der Waals surface area (Å²) in [6.07, 6.45) is 0. The van der Waals surface area contributed by atoms with Crippen LogP contribution in [0.5, 0.6) is 5.75 Å². The lowest BCUT2D eigenvalue weighted by Crippen LogP contribution is -2.19. The molecule has 0 bridgehead atoms. The second-order valence-electron chi connectivity index (χ2n) is 3.48. The van der Waals surface area contributed by atoms with Crippen molar-refractivity contribution < 1.29 is 4.74 Å². The van der Waals surface area contributed by atoms with Gasteiger partial charge in [0.1, 0.15) is 18.4 Å². The van der Waals surface area contributed by atoms with Crippen molar-refractivity contribution in [1.29, 1.82) is 5.26 Å². The van der Waals surface area contributed by atoms with E-state index in [1.165, 1.54) is 0 Å². The molecule has 2 N–H and O–H groups in total. The van der Waals surface area contributed by atoms with Crippen molar-refractivity contribution in [3.8, 4) is 11.8 Å². The number of nitrogens with zero attached hydrogens (tertiary/aromatic N) is 2. The fourth-order valence-corrected chi connectivity index (χ4v) is 1.11. The summed E-state index contributed by atoms with van der Waals surface area (Å²) in [5, 5.41) is 8.76. The number of rotatable bonds is 4. The standard InChI is InChI=1S/C11H15N3O/c1-14(2)6-7-15-10-5-3-4-9(8-12)11(10)13/h3-5H,6-7,13H2,1-2H3. The number of nitriles is 1. The molecule has 4 heteroatoms. The fraction of sp³-hybridized carbons (Fsp3) is 0.364. The Labute approximate surface area is 89.9 Å². The summed E-state index contributed by atoms with van der Waals surface area (Å²) < 4.78 is 5.47. The number of nitrogen functional groups attached to an aromatic ring is 1. The molecule has 0 radical (unpaired) electrons. The minimum Gasteiger partial charge on any atom is -0.490 e. The maximum atomic E-state index is 8.76. The van der Waals surface area contributed by atoms with Gasteiger partial charge in [-0.25, -0.2) is 0 Å². The van der Waals surface area contributed by atoms with Crippen molar-refractivity contribution in [2.75, 3.05) is 33.0 Å². The van der Waals surface area contributed by atoms with Crippen molar-refractivity contribution in [3.05, 3.63) is 23.8 Å². The number of nitrogens with two attached hydrogens (primary N) is 1. The average Bonchev–Trinajstić information content (AvgIpc) is 2.20. The van der Waals surface area contributed by atoms with Crippen LogP contribution in [0.1, 0.15) is 5.56 Å². The van der Waals surface area contributed by atoms with Crippen molar-refractivity contribution >= 4 is 5.69 Å². The summed E-state index contributed by atoms with van der Waals surface area (Å²) >= 11 is 0. The van der Waals surface area contributed by atoms with Crippen molar-refractivity contribution in [2.45, 2.75) is 0 Å². The Morgan fingerprint density at radius 2 is 2.20 bits per heavy atom.